The van der Waals surface area contributed by atoms with Crippen molar-refractivity contribution in [2.75, 3.05) is 32.9 Å². The molecule has 0 unspecified atom stereocenters. The van der Waals surface area contributed by atoms with Gasteiger partial charge in [0.25, 0.3) is 5.91 Å². The van der Waals surface area contributed by atoms with Crippen LogP contribution in [-0.4, -0.2) is 61.5 Å². The van der Waals surface area contributed by atoms with Crippen molar-refractivity contribution in [1.82, 2.24) is 19.6 Å². The highest BCUT2D eigenvalue weighted by atomic mass is 32.2. The van der Waals surface area contributed by atoms with E-state index in [1.165, 1.54) is 4.40 Å². The van der Waals surface area contributed by atoms with Crippen molar-refractivity contribution in [1.29, 1.82) is 0 Å². The summed E-state index contributed by atoms with van der Waals surface area (Å²) in [5, 5.41) is 3.08. The number of imidazole rings is 1. The summed E-state index contributed by atoms with van der Waals surface area (Å²) >= 11 is 0. The number of sulfone groups is 1. The van der Waals surface area contributed by atoms with Crippen LogP contribution >= 0.6 is 0 Å². The maximum absolute atomic E-state index is 12.9. The molecule has 0 aromatic carbocycles. The first kappa shape index (κ1) is 16.9. The van der Waals surface area contributed by atoms with E-state index in [1.807, 2.05) is 7.05 Å². The summed E-state index contributed by atoms with van der Waals surface area (Å²) in [5.74, 6) is 0.376. The summed E-state index contributed by atoms with van der Waals surface area (Å²) in [5.41, 5.74) is 0.739. The predicted octanol–water partition coefficient (Wildman–Crippen LogP) is 0.809. The van der Waals surface area contributed by atoms with Crippen LogP contribution in [0.4, 0.5) is 0 Å². The Hall–Kier alpha value is -1.93. The monoisotopic (exact) mass is 350 g/mol. The fourth-order valence-corrected chi connectivity index (χ4v) is 3.98. The number of hydrogen-bond acceptors (Lipinski definition) is 5. The smallest absolute Gasteiger partial charge is 0.274 e. The number of fused-ring (bicyclic) bond motifs is 1. The van der Waals surface area contributed by atoms with Crippen LogP contribution in [0.25, 0.3) is 5.52 Å². The number of likely N-dealkylation sites (tertiary alicyclic amines) is 1. The third-order valence-corrected chi connectivity index (χ3v) is 5.40. The van der Waals surface area contributed by atoms with Crippen molar-refractivity contribution < 1.29 is 13.2 Å². The molecule has 1 aliphatic heterocycles. The van der Waals surface area contributed by atoms with E-state index in [0.29, 0.717) is 24.5 Å². The Bertz CT molecular complexity index is 851. The normalized spacial score (nSPS) is 16.7. The fourth-order valence-electron chi connectivity index (χ4n) is 3.21. The van der Waals surface area contributed by atoms with Gasteiger partial charge in [-0.05, 0) is 44.5 Å². The van der Waals surface area contributed by atoms with E-state index in [9.17, 15) is 13.2 Å². The van der Waals surface area contributed by atoms with E-state index in [2.05, 4.69) is 10.3 Å². The van der Waals surface area contributed by atoms with Gasteiger partial charge in [-0.25, -0.2) is 13.4 Å². The summed E-state index contributed by atoms with van der Waals surface area (Å²) in [6.07, 6.45) is 4.61. The topological polar surface area (TPSA) is 83.8 Å². The van der Waals surface area contributed by atoms with Gasteiger partial charge in [0.1, 0.15) is 0 Å². The second kappa shape index (κ2) is 6.52. The lowest BCUT2D eigenvalue weighted by atomic mass is 9.96. The number of nitrogens with zero attached hydrogens (tertiary/aromatic N) is 3. The molecular weight excluding hydrogens is 328 g/mol. The van der Waals surface area contributed by atoms with Gasteiger partial charge in [-0.2, -0.15) is 0 Å². The number of carbonyl (C=O) groups excluding carboxylic acids is 1. The zero-order valence-corrected chi connectivity index (χ0v) is 14.7. The Balaban J connectivity index is 1.91. The molecule has 0 bridgehead atoms. The van der Waals surface area contributed by atoms with Crippen LogP contribution in [0.15, 0.2) is 29.6 Å². The lowest BCUT2D eigenvalue weighted by molar-refractivity contribution is 0.0687. The Labute approximate surface area is 141 Å². The molecule has 0 aliphatic carbocycles. The standard InChI is InChI=1S/C16H22N4O3S/c1-17-11-12-6-9-19(10-7-12)15(21)14-13-5-3-4-8-20(13)16(18-14)24(2,22)23/h3-5,8,12,17H,6-7,9-11H2,1-2H3. The number of piperidine rings is 1. The minimum Gasteiger partial charge on any atom is -0.337 e. The highest BCUT2D eigenvalue weighted by Gasteiger charge is 2.28. The van der Waals surface area contributed by atoms with Crippen LogP contribution < -0.4 is 5.32 Å². The van der Waals surface area contributed by atoms with E-state index in [0.717, 1.165) is 25.6 Å². The Morgan fingerprint density at radius 3 is 2.67 bits per heavy atom. The Morgan fingerprint density at radius 1 is 1.33 bits per heavy atom. The van der Waals surface area contributed by atoms with E-state index in [4.69, 9.17) is 0 Å². The zero-order chi connectivity index (χ0) is 17.3. The van der Waals surface area contributed by atoms with Crippen molar-refractivity contribution in [2.45, 2.75) is 18.0 Å². The summed E-state index contributed by atoms with van der Waals surface area (Å²) in [6, 6.07) is 5.22. The molecule has 0 atom stereocenters. The molecule has 0 saturated carbocycles. The van der Waals surface area contributed by atoms with Gasteiger partial charge in [0, 0.05) is 25.5 Å². The van der Waals surface area contributed by atoms with Crippen molar-refractivity contribution in [3.05, 3.63) is 30.1 Å². The molecular formula is C16H22N4O3S. The first-order valence-electron chi connectivity index (χ1n) is 8.03. The van der Waals surface area contributed by atoms with E-state index >= 15 is 0 Å². The molecule has 24 heavy (non-hydrogen) atoms. The van der Waals surface area contributed by atoms with Gasteiger partial charge in [0.05, 0.1) is 5.52 Å². The Kier molecular flexibility index (Phi) is 4.60. The van der Waals surface area contributed by atoms with E-state index in [1.54, 1.807) is 29.3 Å². The van der Waals surface area contributed by atoms with Gasteiger partial charge in [-0.3, -0.25) is 9.20 Å². The van der Waals surface area contributed by atoms with Crippen LogP contribution in [0.1, 0.15) is 23.3 Å². The molecule has 1 aliphatic rings. The highest BCUT2D eigenvalue weighted by molar-refractivity contribution is 7.90. The summed E-state index contributed by atoms with van der Waals surface area (Å²) < 4.78 is 25.4. The maximum Gasteiger partial charge on any atom is 0.274 e. The number of hydrogen-bond donors (Lipinski definition) is 1. The van der Waals surface area contributed by atoms with Gasteiger partial charge in [-0.1, -0.05) is 6.07 Å². The van der Waals surface area contributed by atoms with Crippen LogP contribution in [-0.2, 0) is 9.84 Å². The van der Waals surface area contributed by atoms with E-state index in [-0.39, 0.29) is 16.8 Å². The second-order valence-corrected chi connectivity index (χ2v) is 8.17. The Morgan fingerprint density at radius 2 is 2.04 bits per heavy atom. The number of nitrogens with one attached hydrogen (secondary N) is 1. The molecule has 1 amide bonds. The molecule has 2 aromatic rings. The van der Waals surface area contributed by atoms with Crippen molar-refractivity contribution in [3.8, 4) is 0 Å². The van der Waals surface area contributed by atoms with Gasteiger partial charge >= 0.3 is 0 Å². The second-order valence-electron chi connectivity index (χ2n) is 6.26. The number of pyridine rings is 1. The summed E-state index contributed by atoms with van der Waals surface area (Å²) in [4.78, 5) is 18.8. The first-order chi connectivity index (χ1) is 11.4. The molecule has 1 fully saturated rings. The van der Waals surface area contributed by atoms with Gasteiger partial charge in [0.15, 0.2) is 5.69 Å². The molecule has 1 saturated heterocycles. The molecule has 0 radical (unpaired) electrons. The van der Waals surface area contributed by atoms with Gasteiger partial charge in [-0.15, -0.1) is 0 Å². The molecule has 2 aromatic heterocycles. The largest absolute Gasteiger partial charge is 0.337 e. The average molecular weight is 350 g/mol. The number of aromatic nitrogens is 2. The first-order valence-corrected chi connectivity index (χ1v) is 9.92. The van der Waals surface area contributed by atoms with Crippen LogP contribution in [0.5, 0.6) is 0 Å². The lowest BCUT2D eigenvalue weighted by Gasteiger charge is -2.31. The minimum atomic E-state index is -3.52. The third kappa shape index (κ3) is 3.16. The van der Waals surface area contributed by atoms with Crippen molar-refractivity contribution in [2.24, 2.45) is 5.92 Å². The summed E-state index contributed by atoms with van der Waals surface area (Å²) in [7, 11) is -1.58. The molecule has 0 spiro atoms. The van der Waals surface area contributed by atoms with Gasteiger partial charge < -0.3 is 10.2 Å². The van der Waals surface area contributed by atoms with E-state index < -0.39 is 9.84 Å². The molecule has 8 heteroatoms. The van der Waals surface area contributed by atoms with Crippen LogP contribution in [0, 0.1) is 5.92 Å². The fraction of sp³-hybridized carbons (Fsp3) is 0.500. The highest BCUT2D eigenvalue weighted by Crippen LogP contribution is 2.22. The summed E-state index contributed by atoms with van der Waals surface area (Å²) in [6.45, 7) is 2.30. The number of amides is 1. The van der Waals surface area contributed by atoms with Crippen molar-refractivity contribution in [3.63, 3.8) is 0 Å². The maximum atomic E-state index is 12.9. The van der Waals surface area contributed by atoms with Crippen LogP contribution in [0.3, 0.4) is 0 Å². The molecule has 3 heterocycles. The molecule has 130 valence electrons. The zero-order valence-electron chi connectivity index (χ0n) is 13.9. The predicted molar refractivity (Wildman–Crippen MR) is 90.9 cm³/mol. The number of rotatable bonds is 4. The van der Waals surface area contributed by atoms with Crippen molar-refractivity contribution >= 4 is 21.3 Å². The molecule has 7 nitrogen and oxygen atoms in total. The SMILES string of the molecule is CNCC1CCN(C(=O)c2nc(S(C)(=O)=O)n3ccccc23)CC1. The van der Waals surface area contributed by atoms with Crippen LogP contribution in [0.2, 0.25) is 0 Å². The molecule has 1 N–H and O–H groups in total. The third-order valence-electron chi connectivity index (χ3n) is 4.44. The minimum absolute atomic E-state index is 0.0912. The average Bonchev–Trinajstić information content (AvgIpc) is 2.95. The quantitative estimate of drug-likeness (QED) is 0.882. The lowest BCUT2D eigenvalue weighted by Crippen LogP contribution is -2.40. The number of carbonyl (C=O) groups is 1. The molecule has 3 rings (SSSR count). The van der Waals surface area contributed by atoms with Gasteiger partial charge in [0.2, 0.25) is 15.0 Å².